The molecule has 0 aliphatic rings. The molecule has 1 aromatic carbocycles. The predicted molar refractivity (Wildman–Crippen MR) is 75.0 cm³/mol. The summed E-state index contributed by atoms with van der Waals surface area (Å²) in [5, 5.41) is 7.33. The summed E-state index contributed by atoms with van der Waals surface area (Å²) < 4.78 is 5.39. The van der Waals surface area contributed by atoms with E-state index in [1.54, 1.807) is 0 Å². The minimum atomic E-state index is -0.255. The van der Waals surface area contributed by atoms with Crippen LogP contribution in [0.5, 0.6) is 0 Å². The molecule has 0 fully saturated rings. The minimum Gasteiger partial charge on any atom is -0.338 e. The van der Waals surface area contributed by atoms with Gasteiger partial charge in [0.2, 0.25) is 5.89 Å². The highest BCUT2D eigenvalue weighted by atomic mass is 16.5. The topological polar surface area (TPSA) is 51.0 Å². The molecular weight excluding hydrogens is 238 g/mol. The van der Waals surface area contributed by atoms with E-state index < -0.39 is 0 Å². The van der Waals surface area contributed by atoms with Gasteiger partial charge in [-0.05, 0) is 32.9 Å². The maximum atomic E-state index is 5.39. The fourth-order valence-corrected chi connectivity index (χ4v) is 2.12. The van der Waals surface area contributed by atoms with E-state index in [0.717, 1.165) is 12.2 Å². The van der Waals surface area contributed by atoms with Crippen LogP contribution in [0.15, 0.2) is 34.9 Å². The van der Waals surface area contributed by atoms with Crippen molar-refractivity contribution < 1.29 is 4.52 Å². The Hall–Kier alpha value is -1.68. The van der Waals surface area contributed by atoms with Gasteiger partial charge < -0.3 is 9.84 Å². The Bertz CT molecular complexity index is 515. The molecule has 1 heterocycles. The summed E-state index contributed by atoms with van der Waals surface area (Å²) in [7, 11) is 1.90. The third kappa shape index (κ3) is 2.68. The molecule has 0 radical (unpaired) electrons. The quantitative estimate of drug-likeness (QED) is 0.896. The lowest BCUT2D eigenvalue weighted by Gasteiger charge is -2.20. The molecule has 1 unspecified atom stereocenters. The first-order valence-electron chi connectivity index (χ1n) is 6.66. The lowest BCUT2D eigenvalue weighted by molar-refractivity contribution is 0.327. The molecular formula is C15H21N3O. The molecule has 1 atom stereocenters. The summed E-state index contributed by atoms with van der Waals surface area (Å²) in [5.41, 5.74) is 0.926. The maximum absolute atomic E-state index is 5.39. The van der Waals surface area contributed by atoms with Crippen LogP contribution in [0.3, 0.4) is 0 Å². The molecule has 102 valence electrons. The smallest absolute Gasteiger partial charge is 0.243 e. The van der Waals surface area contributed by atoms with Gasteiger partial charge in [-0.1, -0.05) is 42.4 Å². The molecule has 2 aromatic rings. The molecule has 0 aliphatic carbocycles. The zero-order valence-electron chi connectivity index (χ0n) is 12.0. The Morgan fingerprint density at radius 3 is 2.53 bits per heavy atom. The molecule has 0 saturated carbocycles. The van der Waals surface area contributed by atoms with Gasteiger partial charge in [-0.2, -0.15) is 4.98 Å². The van der Waals surface area contributed by atoms with Crippen LogP contribution < -0.4 is 5.32 Å². The predicted octanol–water partition coefficient (Wildman–Crippen LogP) is 3.07. The summed E-state index contributed by atoms with van der Waals surface area (Å²) in [4.78, 5) is 4.56. The molecule has 0 aliphatic heterocycles. The highest BCUT2D eigenvalue weighted by molar-refractivity contribution is 5.30. The zero-order valence-corrected chi connectivity index (χ0v) is 12.0. The Balaban J connectivity index is 2.32. The Morgan fingerprint density at radius 1 is 1.26 bits per heavy atom. The molecule has 0 saturated heterocycles. The van der Waals surface area contributed by atoms with Crippen LogP contribution in [0.2, 0.25) is 0 Å². The number of rotatable bonds is 5. The van der Waals surface area contributed by atoms with E-state index in [9.17, 15) is 0 Å². The van der Waals surface area contributed by atoms with Gasteiger partial charge in [-0.3, -0.25) is 0 Å². The van der Waals surface area contributed by atoms with Crippen molar-refractivity contribution >= 4 is 0 Å². The van der Waals surface area contributed by atoms with Gasteiger partial charge in [0.1, 0.15) is 0 Å². The van der Waals surface area contributed by atoms with Gasteiger partial charge in [0, 0.05) is 0 Å². The van der Waals surface area contributed by atoms with E-state index in [1.807, 2.05) is 25.2 Å². The van der Waals surface area contributed by atoms with Crippen LogP contribution in [-0.4, -0.2) is 17.2 Å². The number of benzene rings is 1. The van der Waals surface area contributed by atoms with Crippen molar-refractivity contribution in [3.63, 3.8) is 0 Å². The fourth-order valence-electron chi connectivity index (χ4n) is 2.12. The van der Waals surface area contributed by atoms with E-state index in [-0.39, 0.29) is 11.5 Å². The molecule has 0 bridgehead atoms. The summed E-state index contributed by atoms with van der Waals surface area (Å²) in [6, 6.07) is 10.4. The van der Waals surface area contributed by atoms with Crippen LogP contribution in [0.25, 0.3) is 0 Å². The van der Waals surface area contributed by atoms with Gasteiger partial charge in [-0.25, -0.2) is 0 Å². The van der Waals surface area contributed by atoms with Gasteiger partial charge >= 0.3 is 0 Å². The largest absolute Gasteiger partial charge is 0.338 e. The molecule has 0 spiro atoms. The first-order chi connectivity index (χ1) is 9.09. The molecule has 2 rings (SSSR count). The van der Waals surface area contributed by atoms with Gasteiger partial charge in [0.25, 0.3) is 0 Å². The summed E-state index contributed by atoms with van der Waals surface area (Å²) in [5.74, 6) is 1.38. The zero-order chi connectivity index (χ0) is 13.9. The van der Waals surface area contributed by atoms with Crippen molar-refractivity contribution in [1.82, 2.24) is 15.5 Å². The standard InChI is InChI=1S/C15H21N3O/c1-5-12(16-4)13-17-14(18-19-13)15(2,3)11-9-7-6-8-10-11/h6-10,12,16H,5H2,1-4H3. The maximum Gasteiger partial charge on any atom is 0.243 e. The van der Waals surface area contributed by atoms with Crippen LogP contribution >= 0.6 is 0 Å². The molecule has 1 aromatic heterocycles. The summed E-state index contributed by atoms with van der Waals surface area (Å²) in [6.07, 6.45) is 0.921. The number of nitrogens with zero attached hydrogens (tertiary/aromatic N) is 2. The van der Waals surface area contributed by atoms with Crippen molar-refractivity contribution in [3.05, 3.63) is 47.6 Å². The number of hydrogen-bond donors (Lipinski definition) is 1. The Morgan fingerprint density at radius 2 is 1.95 bits per heavy atom. The van der Waals surface area contributed by atoms with Crippen LogP contribution in [0, 0.1) is 0 Å². The van der Waals surface area contributed by atoms with Crippen LogP contribution in [-0.2, 0) is 5.41 Å². The lowest BCUT2D eigenvalue weighted by atomic mass is 9.84. The third-order valence-corrected chi connectivity index (χ3v) is 3.55. The molecule has 4 nitrogen and oxygen atoms in total. The first-order valence-corrected chi connectivity index (χ1v) is 6.66. The van der Waals surface area contributed by atoms with Crippen molar-refractivity contribution in [2.75, 3.05) is 7.05 Å². The highest BCUT2D eigenvalue weighted by Crippen LogP contribution is 2.29. The van der Waals surface area contributed by atoms with E-state index >= 15 is 0 Å². The highest BCUT2D eigenvalue weighted by Gasteiger charge is 2.29. The average Bonchev–Trinajstić information content (AvgIpc) is 2.92. The lowest BCUT2D eigenvalue weighted by Crippen LogP contribution is -2.21. The normalized spacial score (nSPS) is 13.5. The molecule has 4 heteroatoms. The SMILES string of the molecule is CCC(NC)c1nc(C(C)(C)c2ccccc2)no1. The molecule has 19 heavy (non-hydrogen) atoms. The van der Waals surface area contributed by atoms with Gasteiger partial charge in [0.15, 0.2) is 5.82 Å². The van der Waals surface area contributed by atoms with Gasteiger partial charge in [0.05, 0.1) is 11.5 Å². The van der Waals surface area contributed by atoms with Crippen molar-refractivity contribution in [1.29, 1.82) is 0 Å². The van der Waals surface area contributed by atoms with Crippen molar-refractivity contribution in [3.8, 4) is 0 Å². The number of nitrogens with one attached hydrogen (secondary N) is 1. The van der Waals surface area contributed by atoms with Crippen molar-refractivity contribution in [2.24, 2.45) is 0 Å². The number of hydrogen-bond acceptors (Lipinski definition) is 4. The number of aromatic nitrogens is 2. The van der Waals surface area contributed by atoms with E-state index in [0.29, 0.717) is 5.89 Å². The van der Waals surface area contributed by atoms with Crippen LogP contribution in [0.4, 0.5) is 0 Å². The molecule has 0 amide bonds. The Labute approximate surface area is 114 Å². The second kappa shape index (κ2) is 5.53. The average molecular weight is 259 g/mol. The second-order valence-electron chi connectivity index (χ2n) is 5.20. The van der Waals surface area contributed by atoms with E-state index in [1.165, 1.54) is 5.56 Å². The van der Waals surface area contributed by atoms with Crippen LogP contribution in [0.1, 0.15) is 50.5 Å². The third-order valence-electron chi connectivity index (χ3n) is 3.55. The Kier molecular flexibility index (Phi) is 4.00. The fraction of sp³-hybridized carbons (Fsp3) is 0.467. The monoisotopic (exact) mass is 259 g/mol. The summed E-state index contributed by atoms with van der Waals surface area (Å²) >= 11 is 0. The summed E-state index contributed by atoms with van der Waals surface area (Å²) in [6.45, 7) is 6.31. The van der Waals surface area contributed by atoms with E-state index in [2.05, 4.69) is 48.4 Å². The van der Waals surface area contributed by atoms with E-state index in [4.69, 9.17) is 4.52 Å². The van der Waals surface area contributed by atoms with Gasteiger partial charge in [-0.15, -0.1) is 0 Å². The molecule has 1 N–H and O–H groups in total. The second-order valence-corrected chi connectivity index (χ2v) is 5.20. The first kappa shape index (κ1) is 13.7. The van der Waals surface area contributed by atoms with Crippen molar-refractivity contribution in [2.45, 2.75) is 38.6 Å². The minimum absolute atomic E-state index is 0.118.